The van der Waals surface area contributed by atoms with Crippen LogP contribution < -0.4 is 4.74 Å². The zero-order chi connectivity index (χ0) is 26.3. The molecule has 1 unspecified atom stereocenters. The first-order chi connectivity index (χ1) is 17.9. The van der Waals surface area contributed by atoms with Crippen LogP contribution >= 0.6 is 0 Å². The van der Waals surface area contributed by atoms with Gasteiger partial charge in [-0.05, 0) is 91.9 Å². The van der Waals surface area contributed by atoms with Crippen molar-refractivity contribution >= 4 is 10.8 Å². The molecule has 0 aromatic heterocycles. The van der Waals surface area contributed by atoms with Gasteiger partial charge in [-0.3, -0.25) is 0 Å². The molecule has 0 saturated carbocycles. The third kappa shape index (κ3) is 6.80. The Bertz CT molecular complexity index is 1280. The van der Waals surface area contributed by atoms with Crippen LogP contribution in [-0.2, 0) is 12.0 Å². The standard InChI is InChI=1S/C34H41NO2/c1-5-35(6-2)22-23-37-33-19-17-31(18-20-33)34(36,21-7-8-28-12-9-26(3)10-13-28)32-16-15-29-24-27(4)11-14-30(29)25-32/h9-20,24-25,36H,5-8,21-23H2,1-4H3. The number of hydrogen-bond acceptors (Lipinski definition) is 3. The number of fused-ring (bicyclic) bond motifs is 1. The summed E-state index contributed by atoms with van der Waals surface area (Å²) in [6, 6.07) is 29.6. The lowest BCUT2D eigenvalue weighted by Crippen LogP contribution is -2.28. The SMILES string of the molecule is CCN(CC)CCOc1ccc(C(O)(CCCc2ccc(C)cc2)c2ccc3cc(C)ccc3c2)cc1. The molecule has 0 bridgehead atoms. The summed E-state index contributed by atoms with van der Waals surface area (Å²) in [5.41, 5.74) is 4.57. The van der Waals surface area contributed by atoms with E-state index in [1.54, 1.807) is 0 Å². The van der Waals surface area contributed by atoms with Gasteiger partial charge in [-0.1, -0.05) is 91.7 Å². The average molecular weight is 496 g/mol. The smallest absolute Gasteiger partial charge is 0.119 e. The van der Waals surface area contributed by atoms with E-state index >= 15 is 0 Å². The number of hydrogen-bond donors (Lipinski definition) is 1. The predicted molar refractivity (Wildman–Crippen MR) is 156 cm³/mol. The van der Waals surface area contributed by atoms with Gasteiger partial charge in [0.05, 0.1) is 0 Å². The Morgan fingerprint density at radius 1 is 0.730 bits per heavy atom. The molecule has 1 atom stereocenters. The van der Waals surface area contributed by atoms with Gasteiger partial charge in [-0.15, -0.1) is 0 Å². The van der Waals surface area contributed by atoms with E-state index in [9.17, 15) is 5.11 Å². The summed E-state index contributed by atoms with van der Waals surface area (Å²) < 4.78 is 6.01. The number of benzene rings is 4. The van der Waals surface area contributed by atoms with E-state index in [0.717, 1.165) is 54.7 Å². The molecule has 0 radical (unpaired) electrons. The van der Waals surface area contributed by atoms with E-state index in [1.807, 2.05) is 24.3 Å². The van der Waals surface area contributed by atoms with Crippen LogP contribution in [0.15, 0.2) is 84.9 Å². The molecule has 0 aliphatic heterocycles. The van der Waals surface area contributed by atoms with Gasteiger partial charge in [0.25, 0.3) is 0 Å². The highest BCUT2D eigenvalue weighted by Gasteiger charge is 2.31. The van der Waals surface area contributed by atoms with Crippen LogP contribution in [0, 0.1) is 13.8 Å². The second-order valence-electron chi connectivity index (χ2n) is 10.2. The van der Waals surface area contributed by atoms with Gasteiger partial charge in [-0.2, -0.15) is 0 Å². The Labute approximate surface area is 222 Å². The lowest BCUT2D eigenvalue weighted by atomic mass is 9.81. The monoisotopic (exact) mass is 495 g/mol. The van der Waals surface area contributed by atoms with Crippen molar-refractivity contribution in [2.45, 2.75) is 52.6 Å². The van der Waals surface area contributed by atoms with Crippen LogP contribution in [-0.4, -0.2) is 36.2 Å². The van der Waals surface area contributed by atoms with Gasteiger partial charge in [0.2, 0.25) is 0 Å². The van der Waals surface area contributed by atoms with Crippen LogP contribution in [0.25, 0.3) is 10.8 Å². The number of likely N-dealkylation sites (N-methyl/N-ethyl adjacent to an activating group) is 1. The molecule has 0 saturated heterocycles. The van der Waals surface area contributed by atoms with Gasteiger partial charge in [0, 0.05) is 6.54 Å². The summed E-state index contributed by atoms with van der Waals surface area (Å²) in [7, 11) is 0. The third-order valence-corrected chi connectivity index (χ3v) is 7.50. The average Bonchev–Trinajstić information content (AvgIpc) is 2.92. The molecular formula is C34H41NO2. The maximum atomic E-state index is 12.2. The van der Waals surface area contributed by atoms with Crippen molar-refractivity contribution in [3.05, 3.63) is 113 Å². The third-order valence-electron chi connectivity index (χ3n) is 7.50. The topological polar surface area (TPSA) is 32.7 Å². The van der Waals surface area contributed by atoms with E-state index in [1.165, 1.54) is 22.1 Å². The fourth-order valence-corrected chi connectivity index (χ4v) is 5.04. The van der Waals surface area contributed by atoms with Crippen LogP contribution in [0.2, 0.25) is 0 Å². The number of aliphatic hydroxyl groups is 1. The highest BCUT2D eigenvalue weighted by Crippen LogP contribution is 2.37. The summed E-state index contributed by atoms with van der Waals surface area (Å²) in [5.74, 6) is 0.840. The molecule has 3 nitrogen and oxygen atoms in total. The van der Waals surface area contributed by atoms with Crippen LogP contribution in [0.3, 0.4) is 0 Å². The minimum Gasteiger partial charge on any atom is -0.492 e. The Morgan fingerprint density at radius 2 is 1.35 bits per heavy atom. The maximum Gasteiger partial charge on any atom is 0.119 e. The normalized spacial score (nSPS) is 13.1. The van der Waals surface area contributed by atoms with Crippen molar-refractivity contribution in [3.8, 4) is 5.75 Å². The first kappa shape index (κ1) is 26.9. The van der Waals surface area contributed by atoms with Crippen molar-refractivity contribution < 1.29 is 9.84 Å². The maximum absolute atomic E-state index is 12.2. The van der Waals surface area contributed by atoms with E-state index in [4.69, 9.17) is 4.74 Å². The molecular weight excluding hydrogens is 454 g/mol. The largest absolute Gasteiger partial charge is 0.492 e. The molecule has 0 fully saturated rings. The quantitative estimate of drug-likeness (QED) is 0.222. The zero-order valence-corrected chi connectivity index (χ0v) is 22.8. The molecule has 0 aliphatic carbocycles. The molecule has 194 valence electrons. The summed E-state index contributed by atoms with van der Waals surface area (Å²) in [6.45, 7) is 12.2. The minimum absolute atomic E-state index is 0.639. The summed E-state index contributed by atoms with van der Waals surface area (Å²) in [4.78, 5) is 2.35. The lowest BCUT2D eigenvalue weighted by Gasteiger charge is -2.30. The fraction of sp³-hybridized carbons (Fsp3) is 0.353. The molecule has 4 rings (SSSR count). The van der Waals surface area contributed by atoms with Gasteiger partial charge in [0.1, 0.15) is 18.0 Å². The molecule has 0 amide bonds. The number of rotatable bonds is 12. The van der Waals surface area contributed by atoms with Crippen molar-refractivity contribution in [3.63, 3.8) is 0 Å². The Morgan fingerprint density at radius 3 is 2.05 bits per heavy atom. The first-order valence-corrected chi connectivity index (χ1v) is 13.7. The van der Waals surface area contributed by atoms with Gasteiger partial charge in [0.15, 0.2) is 0 Å². The van der Waals surface area contributed by atoms with Crippen LogP contribution in [0.4, 0.5) is 0 Å². The van der Waals surface area contributed by atoms with E-state index in [2.05, 4.69) is 93.3 Å². The molecule has 0 aliphatic rings. The second-order valence-corrected chi connectivity index (χ2v) is 10.2. The molecule has 4 aromatic rings. The van der Waals surface area contributed by atoms with Crippen molar-refractivity contribution in [2.24, 2.45) is 0 Å². The number of ether oxygens (including phenoxy) is 1. The highest BCUT2D eigenvalue weighted by molar-refractivity contribution is 5.84. The Balaban J connectivity index is 1.57. The number of aryl methyl sites for hydroxylation is 3. The molecule has 0 heterocycles. The second kappa shape index (κ2) is 12.4. The van der Waals surface area contributed by atoms with Gasteiger partial charge in [-0.25, -0.2) is 0 Å². The predicted octanol–water partition coefficient (Wildman–Crippen LogP) is 7.44. The fourth-order valence-electron chi connectivity index (χ4n) is 5.04. The summed E-state index contributed by atoms with van der Waals surface area (Å²) in [6.07, 6.45) is 2.45. The van der Waals surface area contributed by atoms with Crippen molar-refractivity contribution in [1.82, 2.24) is 4.90 Å². The molecule has 0 spiro atoms. The van der Waals surface area contributed by atoms with Crippen molar-refractivity contribution in [2.75, 3.05) is 26.2 Å². The zero-order valence-electron chi connectivity index (χ0n) is 22.8. The molecule has 4 aromatic carbocycles. The first-order valence-electron chi connectivity index (χ1n) is 13.7. The minimum atomic E-state index is -1.08. The lowest BCUT2D eigenvalue weighted by molar-refractivity contribution is 0.0689. The summed E-state index contributed by atoms with van der Waals surface area (Å²) in [5, 5.41) is 14.6. The molecule has 37 heavy (non-hydrogen) atoms. The van der Waals surface area contributed by atoms with Gasteiger partial charge < -0.3 is 14.7 Å². The molecule has 1 N–H and O–H groups in total. The summed E-state index contributed by atoms with van der Waals surface area (Å²) >= 11 is 0. The van der Waals surface area contributed by atoms with Crippen molar-refractivity contribution in [1.29, 1.82) is 0 Å². The molecule has 3 heteroatoms. The van der Waals surface area contributed by atoms with Gasteiger partial charge >= 0.3 is 0 Å². The van der Waals surface area contributed by atoms with E-state index in [-0.39, 0.29) is 0 Å². The van der Waals surface area contributed by atoms with E-state index in [0.29, 0.717) is 13.0 Å². The number of nitrogens with zero attached hydrogens (tertiary/aromatic N) is 1. The van der Waals surface area contributed by atoms with Crippen LogP contribution in [0.1, 0.15) is 54.5 Å². The van der Waals surface area contributed by atoms with E-state index < -0.39 is 5.60 Å². The Hall–Kier alpha value is -3.14. The highest BCUT2D eigenvalue weighted by atomic mass is 16.5. The van der Waals surface area contributed by atoms with Crippen LogP contribution in [0.5, 0.6) is 5.75 Å². The Kier molecular flexibility index (Phi) is 9.02.